The number of hydrogen-bond acceptors (Lipinski definition) is 1. The van der Waals surface area contributed by atoms with Crippen molar-refractivity contribution in [2.75, 3.05) is 5.32 Å². The van der Waals surface area contributed by atoms with Gasteiger partial charge in [-0.3, -0.25) is 4.79 Å². The minimum atomic E-state index is -0.329. The Labute approximate surface area is 109 Å². The molecule has 3 rings (SSSR count). The molecule has 0 bridgehead atoms. The number of carbonyl (C=O) groups is 1. The third-order valence-electron chi connectivity index (χ3n) is 2.93. The lowest BCUT2D eigenvalue weighted by atomic mass is 10.1. The van der Waals surface area contributed by atoms with E-state index < -0.39 is 0 Å². The maximum absolute atomic E-state index is 12.8. The number of nitrogens with one attached hydrogen (secondary N) is 2. The molecule has 94 valence electrons. The predicted octanol–water partition coefficient (Wildman–Crippen LogP) is 3.56. The van der Waals surface area contributed by atoms with Crippen molar-refractivity contribution in [2.45, 2.75) is 0 Å². The van der Waals surface area contributed by atoms with Crippen LogP contribution in [0.15, 0.2) is 54.7 Å². The summed E-state index contributed by atoms with van der Waals surface area (Å²) in [6.45, 7) is 0. The highest BCUT2D eigenvalue weighted by atomic mass is 19.1. The summed E-state index contributed by atoms with van der Waals surface area (Å²) in [4.78, 5) is 15.2. The Morgan fingerprint density at radius 1 is 1.05 bits per heavy atom. The van der Waals surface area contributed by atoms with Crippen molar-refractivity contribution in [1.29, 1.82) is 0 Å². The number of aromatic nitrogens is 1. The van der Waals surface area contributed by atoms with Gasteiger partial charge in [0.2, 0.25) is 0 Å². The predicted molar refractivity (Wildman–Crippen MR) is 72.7 cm³/mol. The van der Waals surface area contributed by atoms with E-state index in [1.54, 1.807) is 12.3 Å². The fraction of sp³-hybridized carbons (Fsp3) is 0. The standard InChI is InChI=1S/C15H11FN2O/c16-11-4-6-12(7-5-11)18-15(19)13-3-1-2-10-8-9-17-14(10)13/h1-9,17H,(H,18,19). The maximum atomic E-state index is 12.8. The zero-order chi connectivity index (χ0) is 13.2. The van der Waals surface area contributed by atoms with Gasteiger partial charge in [0.1, 0.15) is 5.82 Å². The zero-order valence-electron chi connectivity index (χ0n) is 9.98. The summed E-state index contributed by atoms with van der Waals surface area (Å²) >= 11 is 0. The number of para-hydroxylation sites is 1. The van der Waals surface area contributed by atoms with Crippen molar-refractivity contribution in [3.63, 3.8) is 0 Å². The molecule has 0 unspecified atom stereocenters. The molecule has 0 radical (unpaired) electrons. The number of hydrogen-bond donors (Lipinski definition) is 2. The van der Waals surface area contributed by atoms with Crippen molar-refractivity contribution in [3.05, 3.63) is 66.1 Å². The lowest BCUT2D eigenvalue weighted by Gasteiger charge is -2.06. The second kappa shape index (κ2) is 4.57. The van der Waals surface area contributed by atoms with Crippen molar-refractivity contribution < 1.29 is 9.18 Å². The second-order valence-electron chi connectivity index (χ2n) is 4.21. The number of aromatic amines is 1. The van der Waals surface area contributed by atoms with Gasteiger partial charge in [0.25, 0.3) is 5.91 Å². The largest absolute Gasteiger partial charge is 0.361 e. The van der Waals surface area contributed by atoms with Gasteiger partial charge in [-0.1, -0.05) is 12.1 Å². The van der Waals surface area contributed by atoms with E-state index in [9.17, 15) is 9.18 Å². The molecule has 1 heterocycles. The van der Waals surface area contributed by atoms with E-state index in [1.165, 1.54) is 24.3 Å². The molecule has 3 nitrogen and oxygen atoms in total. The first-order chi connectivity index (χ1) is 9.24. The number of H-pyrrole nitrogens is 1. The number of carbonyl (C=O) groups excluding carboxylic acids is 1. The number of halogens is 1. The van der Waals surface area contributed by atoms with Crippen LogP contribution in [0.25, 0.3) is 10.9 Å². The first kappa shape index (κ1) is 11.5. The van der Waals surface area contributed by atoms with Crippen LogP contribution >= 0.6 is 0 Å². The van der Waals surface area contributed by atoms with Gasteiger partial charge in [-0.2, -0.15) is 0 Å². The zero-order valence-corrected chi connectivity index (χ0v) is 9.98. The normalized spacial score (nSPS) is 10.6. The minimum Gasteiger partial charge on any atom is -0.361 e. The number of fused-ring (bicyclic) bond motifs is 1. The average Bonchev–Trinajstić information content (AvgIpc) is 2.89. The summed E-state index contributed by atoms with van der Waals surface area (Å²) in [5.74, 6) is -0.552. The lowest BCUT2D eigenvalue weighted by molar-refractivity contribution is 0.102. The van der Waals surface area contributed by atoms with E-state index in [-0.39, 0.29) is 11.7 Å². The van der Waals surface area contributed by atoms with Crippen molar-refractivity contribution in [2.24, 2.45) is 0 Å². The van der Waals surface area contributed by atoms with E-state index in [0.29, 0.717) is 11.3 Å². The third kappa shape index (κ3) is 2.20. The molecule has 0 aliphatic rings. The fourth-order valence-electron chi connectivity index (χ4n) is 2.01. The quantitative estimate of drug-likeness (QED) is 0.721. The highest BCUT2D eigenvalue weighted by molar-refractivity contribution is 6.11. The Morgan fingerprint density at radius 3 is 2.63 bits per heavy atom. The van der Waals surface area contributed by atoms with Crippen LogP contribution in [0.5, 0.6) is 0 Å². The molecule has 3 aromatic rings. The molecule has 1 amide bonds. The SMILES string of the molecule is O=C(Nc1ccc(F)cc1)c1cccc2cc[nH]c12. The molecule has 0 saturated heterocycles. The Morgan fingerprint density at radius 2 is 1.84 bits per heavy atom. The van der Waals surface area contributed by atoms with Crippen molar-refractivity contribution in [1.82, 2.24) is 4.98 Å². The number of benzene rings is 2. The van der Waals surface area contributed by atoms with Crippen LogP contribution < -0.4 is 5.32 Å². The number of amides is 1. The summed E-state index contributed by atoms with van der Waals surface area (Å²) in [7, 11) is 0. The maximum Gasteiger partial charge on any atom is 0.257 e. The highest BCUT2D eigenvalue weighted by Crippen LogP contribution is 2.18. The van der Waals surface area contributed by atoms with Crippen LogP contribution in [-0.4, -0.2) is 10.9 Å². The fourth-order valence-corrected chi connectivity index (χ4v) is 2.01. The van der Waals surface area contributed by atoms with Crippen LogP contribution in [0.4, 0.5) is 10.1 Å². The molecular formula is C15H11FN2O. The Kier molecular flexibility index (Phi) is 2.76. The summed E-state index contributed by atoms with van der Waals surface area (Å²) in [6.07, 6.45) is 1.79. The molecule has 19 heavy (non-hydrogen) atoms. The molecule has 0 atom stereocenters. The molecule has 2 N–H and O–H groups in total. The molecule has 4 heteroatoms. The average molecular weight is 254 g/mol. The monoisotopic (exact) mass is 254 g/mol. The first-order valence-electron chi connectivity index (χ1n) is 5.87. The Bertz CT molecular complexity index is 731. The van der Waals surface area contributed by atoms with Gasteiger partial charge >= 0.3 is 0 Å². The first-order valence-corrected chi connectivity index (χ1v) is 5.87. The summed E-state index contributed by atoms with van der Waals surface area (Å²) in [5.41, 5.74) is 1.92. The Balaban J connectivity index is 1.92. The minimum absolute atomic E-state index is 0.223. The highest BCUT2D eigenvalue weighted by Gasteiger charge is 2.10. The van der Waals surface area contributed by atoms with Gasteiger partial charge in [-0.05, 0) is 36.4 Å². The van der Waals surface area contributed by atoms with E-state index in [0.717, 1.165) is 10.9 Å². The number of rotatable bonds is 2. The third-order valence-corrected chi connectivity index (χ3v) is 2.93. The van der Waals surface area contributed by atoms with E-state index in [4.69, 9.17) is 0 Å². The van der Waals surface area contributed by atoms with Gasteiger partial charge in [0.15, 0.2) is 0 Å². The van der Waals surface area contributed by atoms with Crippen LogP contribution in [0.1, 0.15) is 10.4 Å². The van der Waals surface area contributed by atoms with Crippen molar-refractivity contribution in [3.8, 4) is 0 Å². The van der Waals surface area contributed by atoms with Crippen molar-refractivity contribution >= 4 is 22.5 Å². The molecule has 0 saturated carbocycles. The van der Waals surface area contributed by atoms with Gasteiger partial charge in [-0.15, -0.1) is 0 Å². The lowest BCUT2D eigenvalue weighted by Crippen LogP contribution is -2.12. The summed E-state index contributed by atoms with van der Waals surface area (Å²) in [5, 5.41) is 3.72. The van der Waals surface area contributed by atoms with Gasteiger partial charge in [-0.25, -0.2) is 4.39 Å². The van der Waals surface area contributed by atoms with Crippen LogP contribution in [0.3, 0.4) is 0 Å². The second-order valence-corrected chi connectivity index (χ2v) is 4.21. The molecular weight excluding hydrogens is 243 g/mol. The molecule has 2 aromatic carbocycles. The molecule has 0 aliphatic carbocycles. The number of anilines is 1. The molecule has 0 aliphatic heterocycles. The van der Waals surface area contributed by atoms with E-state index in [2.05, 4.69) is 10.3 Å². The van der Waals surface area contributed by atoms with E-state index in [1.807, 2.05) is 18.2 Å². The van der Waals surface area contributed by atoms with E-state index >= 15 is 0 Å². The Hall–Kier alpha value is -2.62. The topological polar surface area (TPSA) is 44.9 Å². The molecule has 0 spiro atoms. The van der Waals surface area contributed by atoms with Gasteiger partial charge in [0.05, 0.1) is 11.1 Å². The smallest absolute Gasteiger partial charge is 0.257 e. The van der Waals surface area contributed by atoms with Crippen LogP contribution in [0, 0.1) is 5.82 Å². The summed E-state index contributed by atoms with van der Waals surface area (Å²) in [6, 6.07) is 13.1. The molecule has 0 fully saturated rings. The van der Waals surface area contributed by atoms with Crippen LogP contribution in [-0.2, 0) is 0 Å². The van der Waals surface area contributed by atoms with Crippen LogP contribution in [0.2, 0.25) is 0 Å². The summed E-state index contributed by atoms with van der Waals surface area (Å²) < 4.78 is 12.8. The van der Waals surface area contributed by atoms with Gasteiger partial charge in [0, 0.05) is 17.3 Å². The van der Waals surface area contributed by atoms with Gasteiger partial charge < -0.3 is 10.3 Å². The molecule has 1 aromatic heterocycles.